The van der Waals surface area contributed by atoms with Crippen LogP contribution in [0.3, 0.4) is 0 Å². The second kappa shape index (κ2) is 9.27. The fourth-order valence-electron chi connectivity index (χ4n) is 1.34. The molecule has 0 atom stereocenters. The van der Waals surface area contributed by atoms with Crippen molar-refractivity contribution < 1.29 is 19.1 Å². The van der Waals surface area contributed by atoms with Crippen molar-refractivity contribution in [2.75, 3.05) is 38.7 Å². The highest BCUT2D eigenvalue weighted by molar-refractivity contribution is 7.13. The summed E-state index contributed by atoms with van der Waals surface area (Å²) in [6, 6.07) is 0. The summed E-state index contributed by atoms with van der Waals surface area (Å²) in [4.78, 5) is 26.9. The van der Waals surface area contributed by atoms with Crippen molar-refractivity contribution in [2.45, 2.75) is 13.3 Å². The second-order valence-electron chi connectivity index (χ2n) is 3.82. The van der Waals surface area contributed by atoms with Crippen molar-refractivity contribution in [3.05, 3.63) is 11.1 Å². The summed E-state index contributed by atoms with van der Waals surface area (Å²) in [6.07, 6.45) is 0.145. The Morgan fingerprint density at radius 2 is 2.25 bits per heavy atom. The number of esters is 1. The van der Waals surface area contributed by atoms with Crippen LogP contribution in [-0.4, -0.2) is 50.3 Å². The fraction of sp³-hybridized carbons (Fsp3) is 0.583. The van der Waals surface area contributed by atoms with Gasteiger partial charge in [0.05, 0.1) is 31.9 Å². The van der Waals surface area contributed by atoms with E-state index >= 15 is 0 Å². The quantitative estimate of drug-likeness (QED) is 0.508. The molecule has 0 aliphatic rings. The average molecular weight is 301 g/mol. The summed E-state index contributed by atoms with van der Waals surface area (Å²) in [6.45, 7) is 3.20. The number of rotatable bonds is 9. The number of thiazole rings is 1. The summed E-state index contributed by atoms with van der Waals surface area (Å²) >= 11 is 1.35. The third-order valence-electron chi connectivity index (χ3n) is 2.21. The highest BCUT2D eigenvalue weighted by atomic mass is 32.1. The number of hydrogen-bond donors (Lipinski definition) is 2. The van der Waals surface area contributed by atoms with Gasteiger partial charge in [0.1, 0.15) is 0 Å². The number of anilines is 1. The summed E-state index contributed by atoms with van der Waals surface area (Å²) in [7, 11) is 1.57. The van der Waals surface area contributed by atoms with Crippen LogP contribution in [0, 0.1) is 0 Å². The van der Waals surface area contributed by atoms with Gasteiger partial charge in [0, 0.05) is 19.0 Å². The number of nitrogens with zero attached hydrogens (tertiary/aromatic N) is 1. The van der Waals surface area contributed by atoms with Crippen LogP contribution in [0.15, 0.2) is 5.38 Å². The number of amides is 1. The van der Waals surface area contributed by atoms with Gasteiger partial charge in [0.2, 0.25) is 5.91 Å². The zero-order valence-electron chi connectivity index (χ0n) is 11.6. The number of hydrogen-bond acceptors (Lipinski definition) is 7. The molecule has 7 nitrogen and oxygen atoms in total. The predicted octanol–water partition coefficient (Wildman–Crippen LogP) is 0.423. The Morgan fingerprint density at radius 1 is 1.45 bits per heavy atom. The number of methoxy groups -OCH3 is 1. The molecule has 1 aromatic rings. The van der Waals surface area contributed by atoms with E-state index in [9.17, 15) is 9.59 Å². The molecule has 1 heterocycles. The first-order valence-electron chi connectivity index (χ1n) is 6.25. The Kier molecular flexibility index (Phi) is 7.59. The predicted molar refractivity (Wildman–Crippen MR) is 75.8 cm³/mol. The first kappa shape index (κ1) is 16.4. The number of carbonyl (C=O) groups excluding carboxylic acids is 2. The van der Waals surface area contributed by atoms with Crippen LogP contribution in [-0.2, 0) is 25.5 Å². The molecule has 1 amide bonds. The van der Waals surface area contributed by atoms with Crippen molar-refractivity contribution in [2.24, 2.45) is 0 Å². The molecule has 2 N–H and O–H groups in total. The Labute approximate surface area is 121 Å². The first-order chi connectivity index (χ1) is 9.65. The van der Waals surface area contributed by atoms with Gasteiger partial charge in [-0.1, -0.05) is 0 Å². The van der Waals surface area contributed by atoms with Crippen LogP contribution in [0.5, 0.6) is 0 Å². The van der Waals surface area contributed by atoms with Gasteiger partial charge in [-0.25, -0.2) is 4.98 Å². The minimum absolute atomic E-state index is 0.135. The van der Waals surface area contributed by atoms with E-state index in [4.69, 9.17) is 9.47 Å². The molecule has 1 aromatic heterocycles. The van der Waals surface area contributed by atoms with Crippen molar-refractivity contribution in [1.82, 2.24) is 10.3 Å². The summed E-state index contributed by atoms with van der Waals surface area (Å²) < 4.78 is 9.66. The maximum Gasteiger partial charge on any atom is 0.311 e. The maximum atomic E-state index is 11.4. The lowest BCUT2D eigenvalue weighted by molar-refractivity contribution is -0.142. The largest absolute Gasteiger partial charge is 0.466 e. The molecule has 0 radical (unpaired) electrons. The molecule has 0 aliphatic heterocycles. The van der Waals surface area contributed by atoms with E-state index in [1.54, 1.807) is 19.4 Å². The van der Waals surface area contributed by atoms with Crippen molar-refractivity contribution in [3.63, 3.8) is 0 Å². The van der Waals surface area contributed by atoms with Gasteiger partial charge in [0.25, 0.3) is 0 Å². The van der Waals surface area contributed by atoms with Gasteiger partial charge < -0.3 is 20.1 Å². The van der Waals surface area contributed by atoms with Crippen molar-refractivity contribution in [1.29, 1.82) is 0 Å². The van der Waals surface area contributed by atoms with Gasteiger partial charge in [-0.15, -0.1) is 11.3 Å². The number of ether oxygens (including phenoxy) is 2. The summed E-state index contributed by atoms with van der Waals surface area (Å²) in [5.41, 5.74) is 0.635. The highest BCUT2D eigenvalue weighted by Crippen LogP contribution is 2.15. The normalized spacial score (nSPS) is 10.1. The molecule has 0 saturated heterocycles. The lowest BCUT2D eigenvalue weighted by Gasteiger charge is -2.04. The van der Waals surface area contributed by atoms with Gasteiger partial charge in [-0.05, 0) is 6.92 Å². The van der Waals surface area contributed by atoms with E-state index in [0.717, 1.165) is 0 Å². The lowest BCUT2D eigenvalue weighted by Crippen LogP contribution is -2.32. The third-order valence-corrected chi connectivity index (χ3v) is 3.06. The summed E-state index contributed by atoms with van der Waals surface area (Å²) in [5, 5.41) is 7.95. The molecule has 1 rings (SSSR count). The van der Waals surface area contributed by atoms with Crippen LogP contribution in [0.25, 0.3) is 0 Å². The van der Waals surface area contributed by atoms with E-state index in [-0.39, 0.29) is 24.8 Å². The highest BCUT2D eigenvalue weighted by Gasteiger charge is 2.09. The van der Waals surface area contributed by atoms with E-state index in [0.29, 0.717) is 30.6 Å². The molecule has 0 spiro atoms. The van der Waals surface area contributed by atoms with E-state index in [1.165, 1.54) is 11.3 Å². The fourth-order valence-corrected chi connectivity index (χ4v) is 2.05. The lowest BCUT2D eigenvalue weighted by atomic mass is 10.3. The van der Waals surface area contributed by atoms with E-state index < -0.39 is 0 Å². The Hall–Kier alpha value is -1.67. The zero-order chi connectivity index (χ0) is 14.8. The van der Waals surface area contributed by atoms with Gasteiger partial charge in [-0.3, -0.25) is 9.59 Å². The second-order valence-corrected chi connectivity index (χ2v) is 4.68. The maximum absolute atomic E-state index is 11.4. The van der Waals surface area contributed by atoms with Crippen molar-refractivity contribution >= 4 is 28.3 Å². The van der Waals surface area contributed by atoms with Crippen LogP contribution in [0.4, 0.5) is 5.13 Å². The van der Waals surface area contributed by atoms with Crippen LogP contribution >= 0.6 is 11.3 Å². The molecule has 0 fully saturated rings. The molecular weight excluding hydrogens is 282 g/mol. The number of nitrogens with one attached hydrogen (secondary N) is 2. The standard InChI is InChI=1S/C12H19N3O4S/c1-3-19-11(17)6-9-8-20-12(15-9)14-7-10(16)13-4-5-18-2/h8H,3-7H2,1-2H3,(H,13,16)(H,14,15). The molecule has 8 heteroatoms. The molecule has 112 valence electrons. The average Bonchev–Trinajstić information content (AvgIpc) is 2.84. The first-order valence-corrected chi connectivity index (χ1v) is 7.13. The molecule has 0 aliphatic carbocycles. The smallest absolute Gasteiger partial charge is 0.311 e. The minimum atomic E-state index is -0.304. The Balaban J connectivity index is 2.29. The molecule has 0 bridgehead atoms. The van der Waals surface area contributed by atoms with Gasteiger partial charge in [0.15, 0.2) is 5.13 Å². The number of carbonyl (C=O) groups is 2. The van der Waals surface area contributed by atoms with Gasteiger partial charge in [-0.2, -0.15) is 0 Å². The monoisotopic (exact) mass is 301 g/mol. The molecule has 0 saturated carbocycles. The summed E-state index contributed by atoms with van der Waals surface area (Å²) in [5.74, 6) is -0.439. The number of aromatic nitrogens is 1. The van der Waals surface area contributed by atoms with E-state index in [1.807, 2.05) is 0 Å². The van der Waals surface area contributed by atoms with Crippen molar-refractivity contribution in [3.8, 4) is 0 Å². The molecule has 0 unspecified atom stereocenters. The Bertz CT molecular complexity index is 436. The van der Waals surface area contributed by atoms with Crippen LogP contribution < -0.4 is 10.6 Å². The third kappa shape index (κ3) is 6.48. The molecular formula is C12H19N3O4S. The van der Waals surface area contributed by atoms with Crippen LogP contribution in [0.1, 0.15) is 12.6 Å². The Morgan fingerprint density at radius 3 is 2.95 bits per heavy atom. The zero-order valence-corrected chi connectivity index (χ0v) is 12.4. The van der Waals surface area contributed by atoms with Gasteiger partial charge >= 0.3 is 5.97 Å². The molecule has 0 aromatic carbocycles. The van der Waals surface area contributed by atoms with Crippen LogP contribution in [0.2, 0.25) is 0 Å². The van der Waals surface area contributed by atoms with E-state index in [2.05, 4.69) is 15.6 Å². The topological polar surface area (TPSA) is 89.5 Å². The molecule has 20 heavy (non-hydrogen) atoms. The minimum Gasteiger partial charge on any atom is -0.466 e. The SMILES string of the molecule is CCOC(=O)Cc1csc(NCC(=O)NCCOC)n1.